The van der Waals surface area contributed by atoms with Crippen LogP contribution in [0.15, 0.2) is 24.5 Å². The molecule has 1 fully saturated rings. The Labute approximate surface area is 122 Å². The van der Waals surface area contributed by atoms with Crippen LogP contribution in [0.4, 0.5) is 10.1 Å². The zero-order valence-electron chi connectivity index (χ0n) is 11.6. The molecule has 1 aromatic heterocycles. The molecule has 0 radical (unpaired) electrons. The van der Waals surface area contributed by atoms with E-state index in [0.29, 0.717) is 18.3 Å². The van der Waals surface area contributed by atoms with Gasteiger partial charge in [-0.25, -0.2) is 9.37 Å². The smallest absolute Gasteiger partial charge is 0.143 e. The summed E-state index contributed by atoms with van der Waals surface area (Å²) in [5, 5.41) is 9.17. The maximum Gasteiger partial charge on any atom is 0.143 e. The lowest BCUT2D eigenvalue weighted by Gasteiger charge is -2.29. The number of benzene rings is 1. The van der Waals surface area contributed by atoms with E-state index in [1.165, 1.54) is 24.6 Å². The molecule has 1 aliphatic heterocycles. The molecule has 21 heavy (non-hydrogen) atoms. The Kier molecular flexibility index (Phi) is 2.71. The van der Waals surface area contributed by atoms with Crippen LogP contribution in [0, 0.1) is 17.1 Å². The minimum absolute atomic E-state index is 0.127. The third kappa shape index (κ3) is 1.99. The van der Waals surface area contributed by atoms with Crippen LogP contribution >= 0.6 is 0 Å². The van der Waals surface area contributed by atoms with Crippen LogP contribution in [0.5, 0.6) is 0 Å². The molecule has 0 atom stereocenters. The highest BCUT2D eigenvalue weighted by molar-refractivity contribution is 5.60. The molecule has 4 nitrogen and oxygen atoms in total. The van der Waals surface area contributed by atoms with E-state index >= 15 is 0 Å². The lowest BCUT2D eigenvalue weighted by molar-refractivity contribution is 0.616. The summed E-state index contributed by atoms with van der Waals surface area (Å²) in [5.41, 5.74) is 3.16. The summed E-state index contributed by atoms with van der Waals surface area (Å²) in [5.74, 6) is -0.454. The second kappa shape index (κ2) is 4.59. The van der Waals surface area contributed by atoms with Crippen molar-refractivity contribution in [1.82, 2.24) is 9.55 Å². The zero-order chi connectivity index (χ0) is 14.4. The molecule has 1 aliphatic carbocycles. The number of aromatic nitrogens is 2. The van der Waals surface area contributed by atoms with E-state index in [2.05, 4.69) is 9.55 Å². The minimum Gasteiger partial charge on any atom is -0.364 e. The summed E-state index contributed by atoms with van der Waals surface area (Å²) < 4.78 is 16.0. The highest BCUT2D eigenvalue weighted by Crippen LogP contribution is 2.38. The van der Waals surface area contributed by atoms with Crippen molar-refractivity contribution in [3.63, 3.8) is 0 Å². The minimum atomic E-state index is -0.454. The Hall–Kier alpha value is -2.35. The number of hydrogen-bond donors (Lipinski definition) is 0. The molecule has 0 spiro atoms. The topological polar surface area (TPSA) is 44.9 Å². The van der Waals surface area contributed by atoms with Gasteiger partial charge in [-0.2, -0.15) is 5.26 Å². The van der Waals surface area contributed by atoms with Gasteiger partial charge in [-0.15, -0.1) is 0 Å². The van der Waals surface area contributed by atoms with Gasteiger partial charge in [0, 0.05) is 24.7 Å². The average molecular weight is 282 g/mol. The predicted molar refractivity (Wildman–Crippen MR) is 76.4 cm³/mol. The van der Waals surface area contributed by atoms with Gasteiger partial charge in [0.25, 0.3) is 0 Å². The fraction of sp³-hybridized carbons (Fsp3) is 0.375. The second-order valence-electron chi connectivity index (χ2n) is 5.69. The molecule has 0 N–H and O–H groups in total. The van der Waals surface area contributed by atoms with Crippen LogP contribution in [0.25, 0.3) is 0 Å². The van der Waals surface area contributed by atoms with Gasteiger partial charge in [-0.05, 0) is 25.0 Å². The molecule has 4 rings (SSSR count). The summed E-state index contributed by atoms with van der Waals surface area (Å²) in [4.78, 5) is 6.57. The summed E-state index contributed by atoms with van der Waals surface area (Å²) >= 11 is 0. The highest BCUT2D eigenvalue weighted by atomic mass is 19.1. The summed E-state index contributed by atoms with van der Waals surface area (Å²) in [7, 11) is 0. The summed E-state index contributed by atoms with van der Waals surface area (Å²) in [6.07, 6.45) is 5.32. The predicted octanol–water partition coefficient (Wildman–Crippen LogP) is 2.79. The molecule has 5 heteroatoms. The molecule has 0 saturated heterocycles. The molecule has 0 unspecified atom stereocenters. The molecule has 0 bridgehead atoms. The summed E-state index contributed by atoms with van der Waals surface area (Å²) in [6.45, 7) is 1.44. The monoisotopic (exact) mass is 282 g/mol. The van der Waals surface area contributed by atoms with Gasteiger partial charge in [0.2, 0.25) is 0 Å². The third-order valence-corrected chi connectivity index (χ3v) is 4.33. The van der Waals surface area contributed by atoms with Gasteiger partial charge >= 0.3 is 0 Å². The van der Waals surface area contributed by atoms with Gasteiger partial charge in [0.05, 0.1) is 24.3 Å². The SMILES string of the molecule is N#Cc1c(F)cccc1N1CCc2c(ncn2C2CC2)C1. The van der Waals surface area contributed by atoms with Crippen LogP contribution < -0.4 is 4.90 Å². The first-order valence-corrected chi connectivity index (χ1v) is 7.26. The Bertz CT molecular complexity index is 739. The Morgan fingerprint density at radius 2 is 2.19 bits per heavy atom. The molecule has 2 heterocycles. The van der Waals surface area contributed by atoms with Gasteiger partial charge < -0.3 is 9.47 Å². The van der Waals surface area contributed by atoms with Crippen molar-refractivity contribution >= 4 is 5.69 Å². The molecule has 1 aromatic carbocycles. The van der Waals surface area contributed by atoms with Crippen molar-refractivity contribution in [3.8, 4) is 6.07 Å². The van der Waals surface area contributed by atoms with Gasteiger partial charge in [-0.1, -0.05) is 6.07 Å². The molecular weight excluding hydrogens is 267 g/mol. The Balaban J connectivity index is 1.67. The van der Waals surface area contributed by atoms with Crippen LogP contribution in [-0.2, 0) is 13.0 Å². The quantitative estimate of drug-likeness (QED) is 0.850. The number of hydrogen-bond acceptors (Lipinski definition) is 3. The summed E-state index contributed by atoms with van der Waals surface area (Å²) in [6, 6.07) is 7.41. The van der Waals surface area contributed by atoms with E-state index < -0.39 is 5.82 Å². The number of fused-ring (bicyclic) bond motifs is 1. The fourth-order valence-electron chi connectivity index (χ4n) is 3.09. The Morgan fingerprint density at radius 3 is 2.95 bits per heavy atom. The van der Waals surface area contributed by atoms with Crippen LogP contribution in [0.3, 0.4) is 0 Å². The van der Waals surface area contributed by atoms with E-state index in [1.54, 1.807) is 6.07 Å². The maximum absolute atomic E-state index is 13.8. The number of halogens is 1. The van der Waals surface area contributed by atoms with E-state index in [9.17, 15) is 9.65 Å². The first kappa shape index (κ1) is 12.4. The maximum atomic E-state index is 13.8. The molecule has 1 saturated carbocycles. The standard InChI is InChI=1S/C16H15FN4/c17-13-2-1-3-15(12(13)8-18)20-7-6-16-14(9-20)19-10-21(16)11-4-5-11/h1-3,10-11H,4-7,9H2. The average Bonchev–Trinajstić information content (AvgIpc) is 3.26. The lowest BCUT2D eigenvalue weighted by Crippen LogP contribution is -2.32. The largest absolute Gasteiger partial charge is 0.364 e. The van der Waals surface area contributed by atoms with Crippen LogP contribution in [0.1, 0.15) is 35.8 Å². The highest BCUT2D eigenvalue weighted by Gasteiger charge is 2.30. The van der Waals surface area contributed by atoms with Crippen molar-refractivity contribution in [2.75, 3.05) is 11.4 Å². The fourth-order valence-corrected chi connectivity index (χ4v) is 3.09. The van der Waals surface area contributed by atoms with Crippen molar-refractivity contribution in [3.05, 3.63) is 47.3 Å². The van der Waals surface area contributed by atoms with E-state index in [-0.39, 0.29) is 5.56 Å². The zero-order valence-corrected chi connectivity index (χ0v) is 11.6. The molecule has 2 aliphatic rings. The normalized spacial score (nSPS) is 17.4. The molecular formula is C16H15FN4. The first-order chi connectivity index (χ1) is 10.3. The van der Waals surface area contributed by atoms with Gasteiger partial charge in [-0.3, -0.25) is 0 Å². The number of anilines is 1. The van der Waals surface area contributed by atoms with Crippen LogP contribution in [0.2, 0.25) is 0 Å². The van der Waals surface area contributed by atoms with Gasteiger partial charge in [0.1, 0.15) is 17.4 Å². The van der Waals surface area contributed by atoms with Crippen molar-refractivity contribution in [1.29, 1.82) is 5.26 Å². The van der Waals surface area contributed by atoms with E-state index in [1.807, 2.05) is 23.4 Å². The molecule has 2 aromatic rings. The number of nitriles is 1. The van der Waals surface area contributed by atoms with E-state index in [4.69, 9.17) is 0 Å². The van der Waals surface area contributed by atoms with Gasteiger partial charge in [0.15, 0.2) is 0 Å². The van der Waals surface area contributed by atoms with E-state index in [0.717, 1.165) is 18.7 Å². The number of nitrogens with zero attached hydrogens (tertiary/aromatic N) is 4. The number of imidazole rings is 1. The first-order valence-electron chi connectivity index (χ1n) is 7.26. The molecule has 0 amide bonds. The van der Waals surface area contributed by atoms with Crippen molar-refractivity contribution in [2.24, 2.45) is 0 Å². The number of rotatable bonds is 2. The van der Waals surface area contributed by atoms with Crippen molar-refractivity contribution in [2.45, 2.75) is 31.8 Å². The lowest BCUT2D eigenvalue weighted by atomic mass is 10.1. The Morgan fingerprint density at radius 1 is 1.33 bits per heavy atom. The second-order valence-corrected chi connectivity index (χ2v) is 5.69. The van der Waals surface area contributed by atoms with Crippen LogP contribution in [-0.4, -0.2) is 16.1 Å². The third-order valence-electron chi connectivity index (χ3n) is 4.33. The molecule has 106 valence electrons. The van der Waals surface area contributed by atoms with Crippen molar-refractivity contribution < 1.29 is 4.39 Å².